The smallest absolute Gasteiger partial charge is 0.0980 e. The van der Waals surface area contributed by atoms with Crippen molar-refractivity contribution < 1.29 is 0 Å². The molecule has 1 fully saturated rings. The van der Waals surface area contributed by atoms with Gasteiger partial charge in [-0.25, -0.2) is 0 Å². The molecule has 2 rings (SSSR count). The largest absolute Gasteiger partial charge is 0.327 e. The monoisotopic (exact) mass is 361 g/mol. The van der Waals surface area contributed by atoms with Crippen LogP contribution in [0.2, 0.25) is 13.1 Å². The maximum Gasteiger partial charge on any atom is 0.0980 e. The van der Waals surface area contributed by atoms with Crippen LogP contribution in [-0.2, 0) is 0 Å². The summed E-state index contributed by atoms with van der Waals surface area (Å²) >= 11 is 0. The van der Waals surface area contributed by atoms with Gasteiger partial charge in [0.25, 0.3) is 0 Å². The predicted molar refractivity (Wildman–Crippen MR) is 115 cm³/mol. The summed E-state index contributed by atoms with van der Waals surface area (Å²) in [4.78, 5) is 0. The first-order chi connectivity index (χ1) is 11.7. The van der Waals surface area contributed by atoms with Gasteiger partial charge in [0.15, 0.2) is 0 Å². The highest BCUT2D eigenvalue weighted by Crippen LogP contribution is 2.46. The summed E-state index contributed by atoms with van der Waals surface area (Å²) in [6.07, 6.45) is 15.1. The molecule has 0 aromatic heterocycles. The molecule has 0 saturated heterocycles. The number of hydrogen-bond acceptors (Lipinski definition) is 1. The van der Waals surface area contributed by atoms with Crippen molar-refractivity contribution in [1.29, 1.82) is 0 Å². The molecule has 25 heavy (non-hydrogen) atoms. The summed E-state index contributed by atoms with van der Waals surface area (Å²) in [7, 11) is -1.71. The van der Waals surface area contributed by atoms with Gasteiger partial charge in [-0.3, -0.25) is 0 Å². The third kappa shape index (κ3) is 4.32. The van der Waals surface area contributed by atoms with Crippen molar-refractivity contribution in [3.05, 3.63) is 21.9 Å². The normalized spacial score (nSPS) is 27.2. The van der Waals surface area contributed by atoms with Gasteiger partial charge < -0.3 is 5.73 Å². The van der Waals surface area contributed by atoms with Gasteiger partial charge in [0.1, 0.15) is 0 Å². The van der Waals surface area contributed by atoms with E-state index in [9.17, 15) is 0 Å². The molecule has 2 aliphatic rings. The first kappa shape index (κ1) is 21.0. The highest BCUT2D eigenvalue weighted by Gasteiger charge is 2.48. The standard InChI is InChI=1S/C23H43NSi/c1-18-19(2)21(4)22(20(18)3)25(5,6)23(24)16-14-12-10-8-7-9-11-13-15-17-23/h20H,7-17,24H2,1-6H3. The summed E-state index contributed by atoms with van der Waals surface area (Å²) < 4.78 is 0. The van der Waals surface area contributed by atoms with E-state index in [-0.39, 0.29) is 5.16 Å². The second-order valence-corrected chi connectivity index (χ2v) is 14.3. The third-order valence-corrected chi connectivity index (χ3v) is 12.9. The first-order valence-corrected chi connectivity index (χ1v) is 13.9. The van der Waals surface area contributed by atoms with E-state index in [1.165, 1.54) is 70.6 Å². The topological polar surface area (TPSA) is 26.0 Å². The van der Waals surface area contributed by atoms with Crippen LogP contribution in [0.3, 0.4) is 0 Å². The van der Waals surface area contributed by atoms with E-state index in [0.29, 0.717) is 5.92 Å². The van der Waals surface area contributed by atoms with Crippen LogP contribution in [0.1, 0.15) is 98.3 Å². The molecule has 1 nitrogen and oxygen atoms in total. The van der Waals surface area contributed by atoms with Gasteiger partial charge in [-0.15, -0.1) is 0 Å². The summed E-state index contributed by atoms with van der Waals surface area (Å²) in [5.74, 6) is 0.614. The molecular weight excluding hydrogens is 318 g/mol. The lowest BCUT2D eigenvalue weighted by Gasteiger charge is -2.46. The summed E-state index contributed by atoms with van der Waals surface area (Å²) in [6.45, 7) is 14.6. The Kier molecular flexibility index (Phi) is 7.18. The molecule has 0 bridgehead atoms. The van der Waals surface area contributed by atoms with Crippen molar-refractivity contribution in [3.8, 4) is 0 Å². The van der Waals surface area contributed by atoms with Crippen LogP contribution in [0.4, 0.5) is 0 Å². The fraction of sp³-hybridized carbons (Fsp3) is 0.826. The maximum atomic E-state index is 7.32. The zero-order chi connectivity index (χ0) is 18.7. The Morgan fingerprint density at radius 3 is 1.52 bits per heavy atom. The highest BCUT2D eigenvalue weighted by molar-refractivity contribution is 6.87. The molecular formula is C23H43NSi. The molecule has 0 spiro atoms. The molecule has 0 aromatic carbocycles. The third-order valence-electron chi connectivity index (χ3n) is 7.80. The SMILES string of the molecule is CC1=C(C)C(C)C([Si](C)(C)C2(N)CCCCCCCCCCC2)=C1C. The van der Waals surface area contributed by atoms with E-state index in [4.69, 9.17) is 5.73 Å². The molecule has 1 atom stereocenters. The highest BCUT2D eigenvalue weighted by atomic mass is 28.3. The van der Waals surface area contributed by atoms with E-state index in [1.54, 1.807) is 21.9 Å². The molecule has 2 aliphatic carbocycles. The summed E-state index contributed by atoms with van der Waals surface area (Å²) in [6, 6.07) is 0. The van der Waals surface area contributed by atoms with Crippen LogP contribution in [0.5, 0.6) is 0 Å². The van der Waals surface area contributed by atoms with Crippen molar-refractivity contribution in [2.45, 2.75) is 117 Å². The predicted octanol–water partition coefficient (Wildman–Crippen LogP) is 7.08. The Morgan fingerprint density at radius 1 is 0.760 bits per heavy atom. The molecule has 2 heteroatoms. The zero-order valence-corrected chi connectivity index (χ0v) is 18.9. The maximum absolute atomic E-state index is 7.32. The Balaban J connectivity index is 2.26. The molecule has 0 aliphatic heterocycles. The van der Waals surface area contributed by atoms with E-state index < -0.39 is 8.07 Å². The van der Waals surface area contributed by atoms with E-state index >= 15 is 0 Å². The molecule has 1 saturated carbocycles. The Bertz CT molecular complexity index is 514. The van der Waals surface area contributed by atoms with Crippen LogP contribution in [-0.4, -0.2) is 13.2 Å². The molecule has 2 N–H and O–H groups in total. The number of hydrogen-bond donors (Lipinski definition) is 1. The fourth-order valence-electron chi connectivity index (χ4n) is 5.51. The van der Waals surface area contributed by atoms with Crippen molar-refractivity contribution in [2.24, 2.45) is 11.7 Å². The van der Waals surface area contributed by atoms with Gasteiger partial charge in [-0.1, -0.05) is 94.1 Å². The van der Waals surface area contributed by atoms with Crippen LogP contribution >= 0.6 is 0 Å². The second kappa shape index (κ2) is 8.56. The first-order valence-electron chi connectivity index (χ1n) is 10.9. The van der Waals surface area contributed by atoms with Gasteiger partial charge >= 0.3 is 0 Å². The minimum Gasteiger partial charge on any atom is -0.327 e. The Hall–Kier alpha value is -0.343. The van der Waals surface area contributed by atoms with Crippen molar-refractivity contribution in [2.75, 3.05) is 0 Å². The van der Waals surface area contributed by atoms with Crippen LogP contribution in [0, 0.1) is 5.92 Å². The van der Waals surface area contributed by atoms with Crippen LogP contribution in [0.15, 0.2) is 21.9 Å². The van der Waals surface area contributed by atoms with Crippen molar-refractivity contribution in [1.82, 2.24) is 0 Å². The van der Waals surface area contributed by atoms with Gasteiger partial charge in [0, 0.05) is 5.16 Å². The van der Waals surface area contributed by atoms with E-state index in [2.05, 4.69) is 40.8 Å². The molecule has 1 unspecified atom stereocenters. The number of rotatable bonds is 2. The molecule has 0 radical (unpaired) electrons. The minimum atomic E-state index is -1.71. The Morgan fingerprint density at radius 2 is 1.16 bits per heavy atom. The zero-order valence-electron chi connectivity index (χ0n) is 17.9. The fourth-order valence-corrected chi connectivity index (χ4v) is 10.1. The molecule has 144 valence electrons. The van der Waals surface area contributed by atoms with Gasteiger partial charge in [0.2, 0.25) is 0 Å². The van der Waals surface area contributed by atoms with E-state index in [0.717, 1.165) is 0 Å². The number of nitrogens with two attached hydrogens (primary N) is 1. The van der Waals surface area contributed by atoms with Crippen LogP contribution in [0.25, 0.3) is 0 Å². The van der Waals surface area contributed by atoms with Gasteiger partial charge in [-0.2, -0.15) is 0 Å². The molecule has 0 amide bonds. The minimum absolute atomic E-state index is 0.0714. The van der Waals surface area contributed by atoms with Crippen molar-refractivity contribution >= 4 is 8.07 Å². The average molecular weight is 362 g/mol. The van der Waals surface area contributed by atoms with Gasteiger partial charge in [-0.05, 0) is 45.1 Å². The molecule has 0 aromatic rings. The Labute approximate surface area is 158 Å². The van der Waals surface area contributed by atoms with Crippen molar-refractivity contribution in [3.63, 3.8) is 0 Å². The number of allylic oxidation sites excluding steroid dienone is 4. The molecule has 0 heterocycles. The lowest BCUT2D eigenvalue weighted by molar-refractivity contribution is 0.416. The lowest BCUT2D eigenvalue weighted by Crippen LogP contribution is -2.63. The summed E-state index contributed by atoms with van der Waals surface area (Å²) in [5, 5.41) is 1.83. The van der Waals surface area contributed by atoms with Gasteiger partial charge in [0.05, 0.1) is 8.07 Å². The van der Waals surface area contributed by atoms with E-state index in [1.807, 2.05) is 0 Å². The second-order valence-electron chi connectivity index (χ2n) is 9.53. The van der Waals surface area contributed by atoms with Crippen LogP contribution < -0.4 is 5.73 Å². The average Bonchev–Trinajstić information content (AvgIpc) is 2.74. The quantitative estimate of drug-likeness (QED) is 0.522. The summed E-state index contributed by atoms with van der Waals surface area (Å²) in [5.41, 5.74) is 12.0. The lowest BCUT2D eigenvalue weighted by atomic mass is 9.98.